The van der Waals surface area contributed by atoms with Gasteiger partial charge in [0, 0.05) is 42.5 Å². The zero-order valence-electron chi connectivity index (χ0n) is 22.0. The van der Waals surface area contributed by atoms with Gasteiger partial charge in [0.2, 0.25) is 0 Å². The van der Waals surface area contributed by atoms with Crippen molar-refractivity contribution >= 4 is 53.7 Å². The Kier molecular flexibility index (Phi) is 4.80. The number of rotatable bonds is 3. The van der Waals surface area contributed by atoms with E-state index in [4.69, 9.17) is 0 Å². The molecule has 1 aliphatic rings. The molecule has 0 amide bonds. The highest BCUT2D eigenvalue weighted by Gasteiger charge is 2.35. The summed E-state index contributed by atoms with van der Waals surface area (Å²) in [5.74, 6) is 0. The predicted molar refractivity (Wildman–Crippen MR) is 170 cm³/mol. The van der Waals surface area contributed by atoms with Gasteiger partial charge in [-0.1, -0.05) is 105 Å². The second-order valence-corrected chi connectivity index (χ2v) is 12.2. The van der Waals surface area contributed by atoms with Crippen molar-refractivity contribution in [1.29, 1.82) is 0 Å². The molecule has 7 aromatic rings. The van der Waals surface area contributed by atoms with E-state index in [-0.39, 0.29) is 5.41 Å². The Labute approximate surface area is 232 Å². The maximum Gasteiger partial charge on any atom is 0.0470 e. The zero-order chi connectivity index (χ0) is 26.1. The number of benzene rings is 6. The van der Waals surface area contributed by atoms with Gasteiger partial charge in [0.15, 0.2) is 0 Å². The molecular formula is C37H27NS. The minimum Gasteiger partial charge on any atom is -0.355 e. The van der Waals surface area contributed by atoms with Gasteiger partial charge in [-0.05, 0) is 68.9 Å². The van der Waals surface area contributed by atoms with E-state index >= 15 is 0 Å². The van der Waals surface area contributed by atoms with E-state index in [2.05, 4.69) is 140 Å². The summed E-state index contributed by atoms with van der Waals surface area (Å²) in [6.07, 6.45) is 0. The third kappa shape index (κ3) is 3.38. The highest BCUT2D eigenvalue weighted by atomic mass is 32.1. The van der Waals surface area contributed by atoms with Crippen LogP contribution < -0.4 is 5.32 Å². The van der Waals surface area contributed by atoms with Crippen molar-refractivity contribution in [3.05, 3.63) is 132 Å². The molecule has 0 unspecified atom stereocenters. The molecule has 1 aliphatic carbocycles. The summed E-state index contributed by atoms with van der Waals surface area (Å²) in [4.78, 5) is 0. The highest BCUT2D eigenvalue weighted by Crippen LogP contribution is 2.50. The summed E-state index contributed by atoms with van der Waals surface area (Å²) >= 11 is 1.87. The van der Waals surface area contributed by atoms with Crippen LogP contribution in [0.5, 0.6) is 0 Å². The topological polar surface area (TPSA) is 12.0 Å². The van der Waals surface area contributed by atoms with Gasteiger partial charge in [-0.2, -0.15) is 0 Å². The molecule has 186 valence electrons. The van der Waals surface area contributed by atoms with E-state index in [0.29, 0.717) is 0 Å². The van der Waals surface area contributed by atoms with Crippen molar-refractivity contribution in [3.63, 3.8) is 0 Å². The van der Waals surface area contributed by atoms with E-state index < -0.39 is 0 Å². The Bertz CT molecular complexity index is 2080. The molecule has 39 heavy (non-hydrogen) atoms. The first kappa shape index (κ1) is 22.6. The fourth-order valence-electron chi connectivity index (χ4n) is 6.51. The van der Waals surface area contributed by atoms with Gasteiger partial charge in [-0.25, -0.2) is 0 Å². The minimum atomic E-state index is -0.0257. The second-order valence-electron chi connectivity index (χ2n) is 11.1. The average molecular weight is 518 g/mol. The van der Waals surface area contributed by atoms with Crippen LogP contribution in [-0.4, -0.2) is 0 Å². The summed E-state index contributed by atoms with van der Waals surface area (Å²) in [5.41, 5.74) is 10.2. The van der Waals surface area contributed by atoms with Gasteiger partial charge in [-0.15, -0.1) is 11.3 Å². The zero-order valence-corrected chi connectivity index (χ0v) is 22.8. The van der Waals surface area contributed by atoms with Gasteiger partial charge < -0.3 is 5.32 Å². The lowest BCUT2D eigenvalue weighted by atomic mass is 9.82. The first-order chi connectivity index (χ1) is 19.1. The molecule has 0 bridgehead atoms. The molecule has 8 rings (SSSR count). The van der Waals surface area contributed by atoms with E-state index in [9.17, 15) is 0 Å². The van der Waals surface area contributed by atoms with Crippen molar-refractivity contribution in [1.82, 2.24) is 0 Å². The van der Waals surface area contributed by atoms with Crippen LogP contribution in [0.2, 0.25) is 0 Å². The Hall–Kier alpha value is -4.40. The average Bonchev–Trinajstić information content (AvgIpc) is 3.45. The largest absolute Gasteiger partial charge is 0.355 e. The summed E-state index contributed by atoms with van der Waals surface area (Å²) in [7, 11) is 0. The molecular weight excluding hydrogens is 490 g/mol. The van der Waals surface area contributed by atoms with Gasteiger partial charge in [0.05, 0.1) is 0 Å². The Morgan fingerprint density at radius 2 is 1.31 bits per heavy atom. The molecule has 6 aromatic carbocycles. The molecule has 0 spiro atoms. The lowest BCUT2D eigenvalue weighted by Gasteiger charge is -2.22. The standard InChI is InChI=1S/C37H27NS/c1-37(2)31-13-7-5-11-27(31)28-19-17-25(22-32(28)37)38-33-20-16-23-9-3-4-10-26(23)36(33)24-15-18-30-29-12-6-8-14-34(29)39-35(30)21-24/h3-22,38H,1-2H3. The normalized spacial score (nSPS) is 13.6. The van der Waals surface area contributed by atoms with Crippen LogP contribution in [0.1, 0.15) is 25.0 Å². The van der Waals surface area contributed by atoms with Crippen molar-refractivity contribution in [2.45, 2.75) is 19.3 Å². The quantitative estimate of drug-likeness (QED) is 0.246. The van der Waals surface area contributed by atoms with Crippen LogP contribution in [0.25, 0.3) is 53.2 Å². The summed E-state index contributed by atoms with van der Waals surface area (Å²) in [6, 6.07) is 44.5. The van der Waals surface area contributed by atoms with Crippen LogP contribution in [0.15, 0.2) is 121 Å². The van der Waals surface area contributed by atoms with Crippen LogP contribution in [0.4, 0.5) is 11.4 Å². The Morgan fingerprint density at radius 1 is 0.564 bits per heavy atom. The summed E-state index contributed by atoms with van der Waals surface area (Å²) in [6.45, 7) is 4.67. The van der Waals surface area contributed by atoms with Crippen molar-refractivity contribution in [3.8, 4) is 22.3 Å². The number of nitrogens with one attached hydrogen (secondary N) is 1. The molecule has 2 heteroatoms. The highest BCUT2D eigenvalue weighted by molar-refractivity contribution is 7.25. The molecule has 1 nitrogen and oxygen atoms in total. The fourth-order valence-corrected chi connectivity index (χ4v) is 7.65. The molecule has 0 aliphatic heterocycles. The predicted octanol–water partition coefficient (Wildman–Crippen LogP) is 10.9. The molecule has 1 aromatic heterocycles. The maximum atomic E-state index is 3.84. The van der Waals surface area contributed by atoms with E-state index in [1.165, 1.54) is 64.3 Å². The number of hydrogen-bond acceptors (Lipinski definition) is 2. The third-order valence-corrected chi connectivity index (χ3v) is 9.59. The lowest BCUT2D eigenvalue weighted by molar-refractivity contribution is 0.660. The van der Waals surface area contributed by atoms with Gasteiger partial charge >= 0.3 is 0 Å². The number of anilines is 2. The second kappa shape index (κ2) is 8.30. The first-order valence-corrected chi connectivity index (χ1v) is 14.3. The van der Waals surface area contributed by atoms with Gasteiger partial charge in [0.1, 0.15) is 0 Å². The smallest absolute Gasteiger partial charge is 0.0470 e. The van der Waals surface area contributed by atoms with Gasteiger partial charge in [-0.3, -0.25) is 0 Å². The van der Waals surface area contributed by atoms with Crippen LogP contribution in [0, 0.1) is 0 Å². The number of hydrogen-bond donors (Lipinski definition) is 1. The van der Waals surface area contributed by atoms with E-state index in [1.807, 2.05) is 11.3 Å². The van der Waals surface area contributed by atoms with Crippen LogP contribution in [-0.2, 0) is 5.41 Å². The van der Waals surface area contributed by atoms with Gasteiger partial charge in [0.25, 0.3) is 0 Å². The van der Waals surface area contributed by atoms with E-state index in [1.54, 1.807) is 0 Å². The van der Waals surface area contributed by atoms with Crippen LogP contribution >= 0.6 is 11.3 Å². The summed E-state index contributed by atoms with van der Waals surface area (Å²) in [5, 5.41) is 9.01. The molecule has 0 saturated heterocycles. The number of thiophene rings is 1. The molecule has 1 heterocycles. The molecule has 0 atom stereocenters. The molecule has 0 radical (unpaired) electrons. The monoisotopic (exact) mass is 517 g/mol. The fraction of sp³-hybridized carbons (Fsp3) is 0.0811. The third-order valence-electron chi connectivity index (χ3n) is 8.46. The maximum absolute atomic E-state index is 3.84. The Balaban J connectivity index is 1.28. The lowest BCUT2D eigenvalue weighted by Crippen LogP contribution is -2.15. The molecule has 0 saturated carbocycles. The molecule has 1 N–H and O–H groups in total. The molecule has 0 fully saturated rings. The van der Waals surface area contributed by atoms with Crippen molar-refractivity contribution in [2.75, 3.05) is 5.32 Å². The SMILES string of the molecule is CC1(C)c2ccccc2-c2ccc(Nc3ccc4ccccc4c3-c3ccc4c(c3)sc3ccccc34)cc21. The van der Waals surface area contributed by atoms with E-state index in [0.717, 1.165) is 11.4 Å². The minimum absolute atomic E-state index is 0.0257. The number of fused-ring (bicyclic) bond motifs is 7. The summed E-state index contributed by atoms with van der Waals surface area (Å²) < 4.78 is 2.66. The Morgan fingerprint density at radius 3 is 2.23 bits per heavy atom. The van der Waals surface area contributed by atoms with Crippen molar-refractivity contribution < 1.29 is 0 Å². The van der Waals surface area contributed by atoms with Crippen molar-refractivity contribution in [2.24, 2.45) is 0 Å². The van der Waals surface area contributed by atoms with Crippen LogP contribution in [0.3, 0.4) is 0 Å². The first-order valence-electron chi connectivity index (χ1n) is 13.5.